The van der Waals surface area contributed by atoms with Crippen LogP contribution in [0, 0.1) is 0 Å². The summed E-state index contributed by atoms with van der Waals surface area (Å²) in [6.07, 6.45) is 4.83. The smallest absolute Gasteiger partial charge is 0.324 e. The molecule has 1 unspecified atom stereocenters. The number of nitrogens with one attached hydrogen (secondary N) is 1. The zero-order valence-electron chi connectivity index (χ0n) is 12.1. The number of carbonyl (C=O) groups is 1. The Bertz CT molecular complexity index is 290. The lowest BCUT2D eigenvalue weighted by Gasteiger charge is -2.26. The molecule has 2 aliphatic rings. The number of rotatable bonds is 10. The van der Waals surface area contributed by atoms with Crippen molar-refractivity contribution in [2.45, 2.75) is 50.7 Å². The molecule has 0 saturated heterocycles. The third-order valence-corrected chi connectivity index (χ3v) is 3.65. The summed E-state index contributed by atoms with van der Waals surface area (Å²) in [5.41, 5.74) is 0. The molecule has 2 fully saturated rings. The molecule has 2 aliphatic carbocycles. The summed E-state index contributed by atoms with van der Waals surface area (Å²) in [5, 5.41) is 3.41. The largest absolute Gasteiger partial charge is 0.465 e. The summed E-state index contributed by atoms with van der Waals surface area (Å²) < 4.78 is 10.3. The highest BCUT2D eigenvalue weighted by Gasteiger charge is 2.35. The molecular formula is C14H26N2O3. The first-order valence-corrected chi connectivity index (χ1v) is 7.40. The highest BCUT2D eigenvalue weighted by Crippen LogP contribution is 2.27. The molecule has 0 aliphatic heterocycles. The van der Waals surface area contributed by atoms with E-state index in [1.165, 1.54) is 25.7 Å². The second kappa shape index (κ2) is 7.22. The van der Waals surface area contributed by atoms with Gasteiger partial charge in [0.05, 0.1) is 13.2 Å². The Kier molecular flexibility index (Phi) is 5.60. The van der Waals surface area contributed by atoms with Gasteiger partial charge in [0, 0.05) is 32.3 Å². The van der Waals surface area contributed by atoms with Gasteiger partial charge in [-0.15, -0.1) is 0 Å². The molecule has 1 N–H and O–H groups in total. The zero-order valence-corrected chi connectivity index (χ0v) is 12.1. The maximum atomic E-state index is 12.0. The number of esters is 1. The highest BCUT2D eigenvalue weighted by molar-refractivity contribution is 5.76. The molecule has 2 rings (SSSR count). The van der Waals surface area contributed by atoms with Gasteiger partial charge in [-0.2, -0.15) is 0 Å². The fraction of sp³-hybridized carbons (Fsp3) is 0.929. The van der Waals surface area contributed by atoms with Crippen LogP contribution in [0.15, 0.2) is 0 Å². The Labute approximate surface area is 115 Å². The van der Waals surface area contributed by atoms with Gasteiger partial charge in [-0.3, -0.25) is 9.69 Å². The summed E-state index contributed by atoms with van der Waals surface area (Å²) in [4.78, 5) is 14.4. The third kappa shape index (κ3) is 5.09. The maximum absolute atomic E-state index is 12.0. The number of hydrogen-bond acceptors (Lipinski definition) is 5. The lowest BCUT2D eigenvalue weighted by molar-refractivity contribution is -0.146. The molecule has 2 saturated carbocycles. The van der Waals surface area contributed by atoms with E-state index in [0.29, 0.717) is 18.7 Å². The summed E-state index contributed by atoms with van der Waals surface area (Å²) in [5.74, 6) is -0.113. The molecule has 0 aromatic carbocycles. The number of ether oxygens (including phenoxy) is 2. The van der Waals surface area contributed by atoms with Crippen molar-refractivity contribution in [2.75, 3.05) is 33.4 Å². The first-order valence-electron chi connectivity index (χ1n) is 7.40. The standard InChI is InChI=1S/C14H26N2O3/c1-3-19-14(17)13(15-11-4-5-11)10-16(8-9-18-2)12-6-7-12/h11-13,15H,3-10H2,1-2H3. The molecule has 0 aromatic rings. The first kappa shape index (κ1) is 14.8. The fourth-order valence-electron chi connectivity index (χ4n) is 2.28. The summed E-state index contributed by atoms with van der Waals surface area (Å²) in [7, 11) is 1.72. The Hall–Kier alpha value is -0.650. The van der Waals surface area contributed by atoms with Crippen molar-refractivity contribution in [3.8, 4) is 0 Å². The first-order chi connectivity index (χ1) is 9.24. The number of nitrogens with zero attached hydrogens (tertiary/aromatic N) is 1. The molecule has 1 atom stereocenters. The SMILES string of the molecule is CCOC(=O)C(CN(CCOC)C1CC1)NC1CC1. The molecule has 0 amide bonds. The van der Waals surface area contributed by atoms with Crippen LogP contribution in [0.3, 0.4) is 0 Å². The summed E-state index contributed by atoms with van der Waals surface area (Å²) in [6.45, 7) is 4.65. The van der Waals surface area contributed by atoms with Crippen molar-refractivity contribution in [3.63, 3.8) is 0 Å². The van der Waals surface area contributed by atoms with E-state index in [1.807, 2.05) is 6.92 Å². The van der Waals surface area contributed by atoms with Crippen LogP contribution in [0.2, 0.25) is 0 Å². The van der Waals surface area contributed by atoms with Gasteiger partial charge in [0.1, 0.15) is 6.04 Å². The number of methoxy groups -OCH3 is 1. The van der Waals surface area contributed by atoms with Crippen molar-refractivity contribution < 1.29 is 14.3 Å². The van der Waals surface area contributed by atoms with E-state index in [0.717, 1.165) is 19.7 Å². The van der Waals surface area contributed by atoms with Crippen LogP contribution < -0.4 is 5.32 Å². The molecule has 0 heterocycles. The molecule has 0 bridgehead atoms. The Balaban J connectivity index is 1.85. The van der Waals surface area contributed by atoms with Crippen molar-refractivity contribution in [1.29, 1.82) is 0 Å². The molecule has 5 nitrogen and oxygen atoms in total. The van der Waals surface area contributed by atoms with E-state index in [1.54, 1.807) is 7.11 Å². The van der Waals surface area contributed by atoms with Crippen molar-refractivity contribution in [1.82, 2.24) is 10.2 Å². The molecule has 0 spiro atoms. The van der Waals surface area contributed by atoms with Gasteiger partial charge in [0.15, 0.2) is 0 Å². The van der Waals surface area contributed by atoms with E-state index in [4.69, 9.17) is 9.47 Å². The highest BCUT2D eigenvalue weighted by atomic mass is 16.5. The normalized spacial score (nSPS) is 20.6. The van der Waals surface area contributed by atoms with Crippen LogP contribution in [-0.2, 0) is 14.3 Å². The minimum Gasteiger partial charge on any atom is -0.465 e. The van der Waals surface area contributed by atoms with Crippen LogP contribution in [0.5, 0.6) is 0 Å². The fourth-order valence-corrected chi connectivity index (χ4v) is 2.28. The van der Waals surface area contributed by atoms with Gasteiger partial charge in [-0.05, 0) is 32.6 Å². The molecule has 110 valence electrons. The molecule has 5 heteroatoms. The van der Waals surface area contributed by atoms with E-state index in [9.17, 15) is 4.79 Å². The van der Waals surface area contributed by atoms with E-state index < -0.39 is 0 Å². The minimum absolute atomic E-state index is 0.113. The zero-order chi connectivity index (χ0) is 13.7. The van der Waals surface area contributed by atoms with E-state index in [2.05, 4.69) is 10.2 Å². The average molecular weight is 270 g/mol. The second-order valence-corrected chi connectivity index (χ2v) is 5.46. The van der Waals surface area contributed by atoms with Crippen LogP contribution >= 0.6 is 0 Å². The molecule has 19 heavy (non-hydrogen) atoms. The predicted molar refractivity (Wildman–Crippen MR) is 73.0 cm³/mol. The summed E-state index contributed by atoms with van der Waals surface area (Å²) >= 11 is 0. The van der Waals surface area contributed by atoms with Gasteiger partial charge in [0.25, 0.3) is 0 Å². The van der Waals surface area contributed by atoms with Crippen LogP contribution in [0.1, 0.15) is 32.6 Å². The van der Waals surface area contributed by atoms with Crippen LogP contribution in [0.4, 0.5) is 0 Å². The lowest BCUT2D eigenvalue weighted by Crippen LogP contribution is -2.49. The Morgan fingerprint density at radius 3 is 2.63 bits per heavy atom. The van der Waals surface area contributed by atoms with Gasteiger partial charge in [-0.1, -0.05) is 0 Å². The second-order valence-electron chi connectivity index (χ2n) is 5.46. The molecule has 0 radical (unpaired) electrons. The topological polar surface area (TPSA) is 50.8 Å². The molecule has 0 aromatic heterocycles. The number of carbonyl (C=O) groups excluding carboxylic acids is 1. The van der Waals surface area contributed by atoms with E-state index in [-0.39, 0.29) is 12.0 Å². The number of hydrogen-bond donors (Lipinski definition) is 1. The van der Waals surface area contributed by atoms with Crippen molar-refractivity contribution in [3.05, 3.63) is 0 Å². The van der Waals surface area contributed by atoms with Gasteiger partial charge >= 0.3 is 5.97 Å². The van der Waals surface area contributed by atoms with Gasteiger partial charge in [-0.25, -0.2) is 0 Å². The quantitative estimate of drug-likeness (QED) is 0.595. The Morgan fingerprint density at radius 1 is 1.37 bits per heavy atom. The van der Waals surface area contributed by atoms with Crippen molar-refractivity contribution in [2.24, 2.45) is 0 Å². The average Bonchev–Trinajstić information content (AvgIpc) is 3.26. The maximum Gasteiger partial charge on any atom is 0.324 e. The summed E-state index contributed by atoms with van der Waals surface area (Å²) in [6, 6.07) is 0.955. The minimum atomic E-state index is -0.190. The predicted octanol–water partition coefficient (Wildman–Crippen LogP) is 0.781. The van der Waals surface area contributed by atoms with Crippen LogP contribution in [-0.4, -0.2) is 62.4 Å². The van der Waals surface area contributed by atoms with Gasteiger partial charge < -0.3 is 14.8 Å². The lowest BCUT2D eigenvalue weighted by atomic mass is 10.2. The van der Waals surface area contributed by atoms with E-state index >= 15 is 0 Å². The molecular weight excluding hydrogens is 244 g/mol. The van der Waals surface area contributed by atoms with Crippen molar-refractivity contribution >= 4 is 5.97 Å². The Morgan fingerprint density at radius 2 is 2.11 bits per heavy atom. The van der Waals surface area contributed by atoms with Gasteiger partial charge in [0.2, 0.25) is 0 Å². The third-order valence-electron chi connectivity index (χ3n) is 3.65. The monoisotopic (exact) mass is 270 g/mol. The van der Waals surface area contributed by atoms with Crippen LogP contribution in [0.25, 0.3) is 0 Å².